The zero-order valence-corrected chi connectivity index (χ0v) is 12.0. The molecule has 2 heteroatoms. The lowest BCUT2D eigenvalue weighted by molar-refractivity contribution is 0.621. The summed E-state index contributed by atoms with van der Waals surface area (Å²) < 4.78 is 13.3. The van der Waals surface area contributed by atoms with E-state index in [-0.39, 0.29) is 11.7 Å². The molecule has 0 saturated carbocycles. The lowest BCUT2D eigenvalue weighted by atomic mass is 9.92. The molecule has 0 N–H and O–H groups in total. The molecule has 0 amide bonds. The minimum absolute atomic E-state index is 0.152. The zero-order valence-electron chi connectivity index (χ0n) is 11.3. The maximum absolute atomic E-state index is 13.3. The number of hydrogen-bond acceptors (Lipinski definition) is 0. The van der Waals surface area contributed by atoms with Crippen molar-refractivity contribution in [2.45, 2.75) is 26.2 Å². The van der Waals surface area contributed by atoms with Gasteiger partial charge in [0.25, 0.3) is 0 Å². The smallest absolute Gasteiger partial charge is 0.123 e. The molecule has 0 aliphatic carbocycles. The molecule has 2 aromatic carbocycles. The molecule has 100 valence electrons. The molecule has 0 aromatic heterocycles. The Balaban J connectivity index is 2.21. The Bertz CT molecular complexity index is 563. The van der Waals surface area contributed by atoms with Crippen molar-refractivity contribution in [2.75, 3.05) is 5.88 Å². The largest absolute Gasteiger partial charge is 0.207 e. The molecule has 0 aliphatic heterocycles. The van der Waals surface area contributed by atoms with Gasteiger partial charge in [0, 0.05) is 11.8 Å². The van der Waals surface area contributed by atoms with Crippen molar-refractivity contribution in [3.05, 3.63) is 70.5 Å². The summed E-state index contributed by atoms with van der Waals surface area (Å²) in [6.45, 7) is 4.21. The molecule has 1 atom stereocenters. The van der Waals surface area contributed by atoms with Crippen LogP contribution in [0.3, 0.4) is 0 Å². The first-order valence-corrected chi connectivity index (χ1v) is 7.01. The average Bonchev–Trinajstić information content (AvgIpc) is 2.40. The number of benzene rings is 2. The summed E-state index contributed by atoms with van der Waals surface area (Å²) in [6, 6.07) is 13.2. The monoisotopic (exact) mass is 276 g/mol. The average molecular weight is 277 g/mol. The van der Waals surface area contributed by atoms with E-state index in [1.165, 1.54) is 22.8 Å². The highest BCUT2D eigenvalue weighted by Crippen LogP contribution is 2.24. The molecule has 2 rings (SSSR count). The minimum Gasteiger partial charge on any atom is -0.207 e. The highest BCUT2D eigenvalue weighted by molar-refractivity contribution is 6.18. The van der Waals surface area contributed by atoms with Crippen LogP contribution in [0, 0.1) is 19.7 Å². The van der Waals surface area contributed by atoms with Gasteiger partial charge in [-0.3, -0.25) is 0 Å². The first-order valence-electron chi connectivity index (χ1n) is 6.47. The molecule has 0 bridgehead atoms. The summed E-state index contributed by atoms with van der Waals surface area (Å²) in [5.41, 5.74) is 4.79. The summed E-state index contributed by atoms with van der Waals surface area (Å²) in [5.74, 6) is 0.447. The van der Waals surface area contributed by atoms with Crippen molar-refractivity contribution < 1.29 is 4.39 Å². The normalized spacial score (nSPS) is 12.4. The second kappa shape index (κ2) is 6.21. The topological polar surface area (TPSA) is 0 Å². The van der Waals surface area contributed by atoms with Crippen molar-refractivity contribution in [2.24, 2.45) is 0 Å². The maximum atomic E-state index is 13.3. The van der Waals surface area contributed by atoms with Gasteiger partial charge < -0.3 is 0 Å². The third kappa shape index (κ3) is 3.57. The Morgan fingerprint density at radius 1 is 1.05 bits per heavy atom. The van der Waals surface area contributed by atoms with E-state index in [0.717, 1.165) is 12.0 Å². The van der Waals surface area contributed by atoms with Gasteiger partial charge >= 0.3 is 0 Å². The van der Waals surface area contributed by atoms with Crippen molar-refractivity contribution in [3.8, 4) is 0 Å². The molecule has 0 fully saturated rings. The third-order valence-electron chi connectivity index (χ3n) is 3.56. The molecule has 0 radical (unpaired) electrons. The van der Waals surface area contributed by atoms with Gasteiger partial charge in [0.15, 0.2) is 0 Å². The van der Waals surface area contributed by atoms with Crippen LogP contribution in [0.2, 0.25) is 0 Å². The van der Waals surface area contributed by atoms with Crippen LogP contribution in [-0.4, -0.2) is 5.88 Å². The Labute approximate surface area is 119 Å². The van der Waals surface area contributed by atoms with Crippen LogP contribution in [-0.2, 0) is 6.42 Å². The van der Waals surface area contributed by atoms with E-state index in [4.69, 9.17) is 11.6 Å². The summed E-state index contributed by atoms with van der Waals surface area (Å²) >= 11 is 6.05. The van der Waals surface area contributed by atoms with E-state index in [2.05, 4.69) is 32.0 Å². The van der Waals surface area contributed by atoms with Gasteiger partial charge in [0.2, 0.25) is 0 Å². The summed E-state index contributed by atoms with van der Waals surface area (Å²) in [7, 11) is 0. The highest BCUT2D eigenvalue weighted by atomic mass is 35.5. The maximum Gasteiger partial charge on any atom is 0.123 e. The third-order valence-corrected chi connectivity index (χ3v) is 3.93. The van der Waals surface area contributed by atoms with Crippen molar-refractivity contribution >= 4 is 11.6 Å². The van der Waals surface area contributed by atoms with Crippen molar-refractivity contribution in [1.82, 2.24) is 0 Å². The Hall–Kier alpha value is -1.34. The number of hydrogen-bond donors (Lipinski definition) is 0. The molecule has 0 saturated heterocycles. The SMILES string of the molecule is Cc1ccc(CC(CCl)c2cccc(F)c2)cc1C. The van der Waals surface area contributed by atoms with Gasteiger partial charge in [-0.2, -0.15) is 0 Å². The number of rotatable bonds is 4. The molecule has 2 aromatic rings. The van der Waals surface area contributed by atoms with Gasteiger partial charge in [-0.1, -0.05) is 30.3 Å². The zero-order chi connectivity index (χ0) is 13.8. The highest BCUT2D eigenvalue weighted by Gasteiger charge is 2.12. The summed E-state index contributed by atoms with van der Waals surface area (Å²) in [6.07, 6.45) is 0.841. The summed E-state index contributed by atoms with van der Waals surface area (Å²) in [4.78, 5) is 0. The fraction of sp³-hybridized carbons (Fsp3) is 0.294. The predicted octanol–water partition coefficient (Wildman–Crippen LogP) is 5.01. The second-order valence-electron chi connectivity index (χ2n) is 5.03. The van der Waals surface area contributed by atoms with Crippen LogP contribution in [0.25, 0.3) is 0 Å². The second-order valence-corrected chi connectivity index (χ2v) is 5.34. The Kier molecular flexibility index (Phi) is 4.60. The van der Waals surface area contributed by atoms with Crippen LogP contribution >= 0.6 is 11.6 Å². The molecule has 19 heavy (non-hydrogen) atoms. The Morgan fingerprint density at radius 2 is 1.84 bits per heavy atom. The van der Waals surface area contributed by atoms with E-state index in [0.29, 0.717) is 5.88 Å². The molecular formula is C17H18ClF. The quantitative estimate of drug-likeness (QED) is 0.689. The molecule has 0 aliphatic rings. The molecule has 0 heterocycles. The van der Waals surface area contributed by atoms with Gasteiger partial charge in [-0.15, -0.1) is 11.6 Å². The van der Waals surface area contributed by atoms with E-state index >= 15 is 0 Å². The molecular weight excluding hydrogens is 259 g/mol. The van der Waals surface area contributed by atoms with Crippen LogP contribution in [0.15, 0.2) is 42.5 Å². The van der Waals surface area contributed by atoms with Crippen LogP contribution in [0.5, 0.6) is 0 Å². The van der Waals surface area contributed by atoms with E-state index in [1.807, 2.05) is 6.07 Å². The van der Waals surface area contributed by atoms with Gasteiger partial charge in [0.05, 0.1) is 0 Å². The predicted molar refractivity (Wildman–Crippen MR) is 79.5 cm³/mol. The fourth-order valence-electron chi connectivity index (χ4n) is 2.24. The van der Waals surface area contributed by atoms with Crippen molar-refractivity contribution in [3.63, 3.8) is 0 Å². The Morgan fingerprint density at radius 3 is 2.47 bits per heavy atom. The van der Waals surface area contributed by atoms with E-state index in [9.17, 15) is 4.39 Å². The molecule has 0 spiro atoms. The van der Waals surface area contributed by atoms with E-state index in [1.54, 1.807) is 12.1 Å². The summed E-state index contributed by atoms with van der Waals surface area (Å²) in [5, 5.41) is 0. The number of aryl methyl sites for hydroxylation is 2. The van der Waals surface area contributed by atoms with Crippen LogP contribution < -0.4 is 0 Å². The fourth-order valence-corrected chi connectivity index (χ4v) is 2.52. The first-order chi connectivity index (χ1) is 9.10. The first kappa shape index (κ1) is 14.1. The van der Waals surface area contributed by atoms with Crippen LogP contribution in [0.4, 0.5) is 4.39 Å². The molecule has 1 unspecified atom stereocenters. The van der Waals surface area contributed by atoms with Gasteiger partial charge in [-0.25, -0.2) is 4.39 Å². The van der Waals surface area contributed by atoms with E-state index < -0.39 is 0 Å². The number of alkyl halides is 1. The van der Waals surface area contributed by atoms with Crippen LogP contribution in [0.1, 0.15) is 28.2 Å². The minimum atomic E-state index is -0.201. The standard InChI is InChI=1S/C17H18ClF/c1-12-6-7-14(8-13(12)2)9-16(11-18)15-4-3-5-17(19)10-15/h3-8,10,16H,9,11H2,1-2H3. The van der Waals surface area contributed by atoms with Crippen molar-refractivity contribution in [1.29, 1.82) is 0 Å². The lowest BCUT2D eigenvalue weighted by Crippen LogP contribution is -2.05. The lowest BCUT2D eigenvalue weighted by Gasteiger charge is -2.15. The molecule has 0 nitrogen and oxygen atoms in total. The number of halogens is 2. The van der Waals surface area contributed by atoms with Gasteiger partial charge in [-0.05, 0) is 54.7 Å². The van der Waals surface area contributed by atoms with Gasteiger partial charge in [0.1, 0.15) is 5.82 Å².